The predicted octanol–water partition coefficient (Wildman–Crippen LogP) is 4.68. The summed E-state index contributed by atoms with van der Waals surface area (Å²) in [6, 6.07) is 9.49. The first-order valence-corrected chi connectivity index (χ1v) is 11.7. The molecule has 0 spiro atoms. The smallest absolute Gasteiger partial charge is 0.347 e. The van der Waals surface area contributed by atoms with E-state index >= 15 is 0 Å². The van der Waals surface area contributed by atoms with Crippen LogP contribution in [-0.2, 0) is 27.9 Å². The number of benzene rings is 1. The molecule has 0 amide bonds. The number of carbonyl (C=O) groups excluding carboxylic acids is 1. The Balaban J connectivity index is 3.07. The van der Waals surface area contributed by atoms with Crippen LogP contribution < -0.4 is 5.32 Å². The highest BCUT2D eigenvalue weighted by atomic mass is 31.2. The van der Waals surface area contributed by atoms with Crippen molar-refractivity contribution >= 4 is 13.6 Å². The van der Waals surface area contributed by atoms with Gasteiger partial charge >= 0.3 is 13.6 Å². The van der Waals surface area contributed by atoms with Gasteiger partial charge in [0.1, 0.15) is 11.4 Å². The van der Waals surface area contributed by atoms with Gasteiger partial charge in [0, 0.05) is 13.5 Å². The van der Waals surface area contributed by atoms with E-state index in [1.165, 1.54) is 0 Å². The van der Waals surface area contributed by atoms with Crippen LogP contribution in [-0.4, -0.2) is 44.3 Å². The van der Waals surface area contributed by atoms with Crippen molar-refractivity contribution in [2.75, 3.05) is 26.9 Å². The molecular weight excluding hydrogens is 393 g/mol. The summed E-state index contributed by atoms with van der Waals surface area (Å²) < 4.78 is 35.4. The van der Waals surface area contributed by atoms with E-state index < -0.39 is 19.0 Å². The minimum absolute atomic E-state index is 0.0908. The van der Waals surface area contributed by atoms with Crippen LogP contribution in [0, 0.1) is 0 Å². The van der Waals surface area contributed by atoms with Gasteiger partial charge in [-0.25, -0.2) is 0 Å². The normalized spacial score (nSPS) is 14.4. The molecule has 0 unspecified atom stereocenters. The molecule has 0 heterocycles. The van der Waals surface area contributed by atoms with Crippen LogP contribution in [0.1, 0.15) is 59.1 Å². The summed E-state index contributed by atoms with van der Waals surface area (Å²) in [6.07, 6.45) is 0.340. The second-order valence-corrected chi connectivity index (χ2v) is 9.82. The third kappa shape index (κ3) is 9.41. The Hall–Kier alpha value is -1.24. The molecule has 7 nitrogen and oxygen atoms in total. The Kier molecular flexibility index (Phi) is 11.1. The maximum Gasteiger partial charge on any atom is 0.347 e. The summed E-state index contributed by atoms with van der Waals surface area (Å²) in [5.41, 5.74) is 0.405. The van der Waals surface area contributed by atoms with Crippen LogP contribution in [0.15, 0.2) is 30.3 Å². The van der Waals surface area contributed by atoms with Gasteiger partial charge in [-0.2, -0.15) is 0 Å². The van der Waals surface area contributed by atoms with E-state index in [1.54, 1.807) is 21.0 Å². The van der Waals surface area contributed by atoms with Crippen molar-refractivity contribution in [2.24, 2.45) is 0 Å². The largest absolute Gasteiger partial charge is 0.460 e. The van der Waals surface area contributed by atoms with E-state index in [4.69, 9.17) is 18.5 Å². The van der Waals surface area contributed by atoms with E-state index in [2.05, 4.69) is 5.32 Å². The Morgan fingerprint density at radius 2 is 1.69 bits per heavy atom. The molecule has 29 heavy (non-hydrogen) atoms. The summed E-state index contributed by atoms with van der Waals surface area (Å²) in [5.74, 6) is -1.04. The third-order valence-corrected chi connectivity index (χ3v) is 6.38. The number of rotatable bonds is 13. The summed E-state index contributed by atoms with van der Waals surface area (Å²) in [4.78, 5) is 12.2. The van der Waals surface area contributed by atoms with Gasteiger partial charge in [0.2, 0.25) is 0 Å². The quantitative estimate of drug-likeness (QED) is 0.360. The van der Waals surface area contributed by atoms with Crippen molar-refractivity contribution in [1.82, 2.24) is 5.32 Å². The fourth-order valence-corrected chi connectivity index (χ4v) is 4.84. The molecule has 166 valence electrons. The number of hydrogen-bond donors (Lipinski definition) is 1. The molecule has 2 atom stereocenters. The zero-order chi connectivity index (χ0) is 21.9. The monoisotopic (exact) mass is 429 g/mol. The average Bonchev–Trinajstić information content (AvgIpc) is 2.63. The fourth-order valence-electron chi connectivity index (χ4n) is 2.88. The number of hydrogen-bond acceptors (Lipinski definition) is 7. The van der Waals surface area contributed by atoms with E-state index in [9.17, 15) is 9.36 Å². The number of methoxy groups -OCH3 is 1. The highest BCUT2D eigenvalue weighted by Gasteiger charge is 2.37. The van der Waals surface area contributed by atoms with Gasteiger partial charge in [-0.05, 0) is 46.6 Å². The van der Waals surface area contributed by atoms with Crippen LogP contribution in [0.4, 0.5) is 0 Å². The van der Waals surface area contributed by atoms with Gasteiger partial charge < -0.3 is 18.5 Å². The lowest BCUT2D eigenvalue weighted by atomic mass is 10.1. The molecule has 0 fully saturated rings. The van der Waals surface area contributed by atoms with Crippen LogP contribution in [0.25, 0.3) is 0 Å². The van der Waals surface area contributed by atoms with E-state index in [0.29, 0.717) is 6.61 Å². The molecule has 0 saturated carbocycles. The van der Waals surface area contributed by atoms with Gasteiger partial charge in [0.05, 0.1) is 25.9 Å². The molecule has 8 heteroatoms. The lowest BCUT2D eigenvalue weighted by Crippen LogP contribution is -2.37. The van der Waals surface area contributed by atoms with Crippen molar-refractivity contribution in [3.63, 3.8) is 0 Å². The number of nitrogens with one attached hydrogen (secondary N) is 1. The zero-order valence-electron chi connectivity index (χ0n) is 18.5. The molecular formula is C21H36NO6P. The standard InChI is InChI=1S/C21H36NO6P/c1-7-26-29(24,27-8-2)19(14-15-20(23)28-21(3,4)5)22-18(16-25-6)17-12-10-9-11-13-17/h9-13,18-19,22H,7-8,14-16H2,1-6H3/t18-,19-/m0/s1. The van der Waals surface area contributed by atoms with Gasteiger partial charge in [-0.3, -0.25) is 14.7 Å². The highest BCUT2D eigenvalue weighted by Crippen LogP contribution is 2.54. The van der Waals surface area contributed by atoms with E-state index in [1.807, 2.05) is 51.1 Å². The topological polar surface area (TPSA) is 83.1 Å². The van der Waals surface area contributed by atoms with Crippen LogP contribution >= 0.6 is 7.60 Å². The summed E-state index contributed by atoms with van der Waals surface area (Å²) in [6.45, 7) is 9.82. The first-order chi connectivity index (χ1) is 13.6. The second-order valence-electron chi connectivity index (χ2n) is 7.60. The average molecular weight is 429 g/mol. The second kappa shape index (κ2) is 12.5. The zero-order valence-corrected chi connectivity index (χ0v) is 19.4. The molecule has 0 saturated heterocycles. The molecule has 0 aliphatic rings. The van der Waals surface area contributed by atoms with E-state index in [-0.39, 0.29) is 38.1 Å². The molecule has 0 aromatic heterocycles. The lowest BCUT2D eigenvalue weighted by Gasteiger charge is -2.31. The maximum absolute atomic E-state index is 13.5. The summed E-state index contributed by atoms with van der Waals surface area (Å²) in [7, 11) is -1.90. The van der Waals surface area contributed by atoms with Crippen molar-refractivity contribution < 1.29 is 27.9 Å². The van der Waals surface area contributed by atoms with Crippen LogP contribution in [0.2, 0.25) is 0 Å². The first kappa shape index (κ1) is 25.8. The minimum Gasteiger partial charge on any atom is -0.460 e. The highest BCUT2D eigenvalue weighted by molar-refractivity contribution is 7.54. The van der Waals surface area contributed by atoms with Crippen molar-refractivity contribution in [3.8, 4) is 0 Å². The van der Waals surface area contributed by atoms with Crippen molar-refractivity contribution in [2.45, 2.75) is 64.9 Å². The fraction of sp³-hybridized carbons (Fsp3) is 0.667. The predicted molar refractivity (Wildman–Crippen MR) is 114 cm³/mol. The Labute approximate surface area is 175 Å². The van der Waals surface area contributed by atoms with Gasteiger partial charge in [0.15, 0.2) is 0 Å². The molecule has 0 radical (unpaired) electrons. The Bertz CT molecular complexity index is 636. The van der Waals surface area contributed by atoms with E-state index in [0.717, 1.165) is 5.56 Å². The number of carbonyl (C=O) groups is 1. The minimum atomic E-state index is -3.51. The molecule has 1 rings (SSSR count). The van der Waals surface area contributed by atoms with Crippen molar-refractivity contribution in [1.29, 1.82) is 0 Å². The van der Waals surface area contributed by atoms with Crippen LogP contribution in [0.5, 0.6) is 0 Å². The molecule has 0 bridgehead atoms. The van der Waals surface area contributed by atoms with Crippen molar-refractivity contribution in [3.05, 3.63) is 35.9 Å². The van der Waals surface area contributed by atoms with Gasteiger partial charge in [-0.1, -0.05) is 30.3 Å². The SMILES string of the molecule is CCOP(=O)(OCC)[C@@H](CCC(=O)OC(C)(C)C)N[C@@H](COC)c1ccccc1. The molecule has 1 aromatic rings. The lowest BCUT2D eigenvalue weighted by molar-refractivity contribution is -0.154. The third-order valence-electron chi connectivity index (χ3n) is 3.97. The molecule has 0 aliphatic carbocycles. The summed E-state index contributed by atoms with van der Waals surface area (Å²) >= 11 is 0. The van der Waals surface area contributed by atoms with Crippen LogP contribution in [0.3, 0.4) is 0 Å². The Morgan fingerprint density at radius 1 is 1.10 bits per heavy atom. The summed E-state index contributed by atoms with van der Waals surface area (Å²) in [5, 5.41) is 3.35. The Morgan fingerprint density at radius 3 is 2.17 bits per heavy atom. The maximum atomic E-state index is 13.5. The van der Waals surface area contributed by atoms with Gasteiger partial charge in [0.25, 0.3) is 0 Å². The number of ether oxygens (including phenoxy) is 2. The molecule has 1 aromatic carbocycles. The first-order valence-electron chi connectivity index (χ1n) is 10.1. The molecule has 0 aliphatic heterocycles. The molecule has 1 N–H and O–H groups in total. The number of esters is 1. The van der Waals surface area contributed by atoms with Gasteiger partial charge in [-0.15, -0.1) is 0 Å².